The largest absolute Gasteiger partial charge is 0.456 e. The van der Waals surface area contributed by atoms with E-state index in [1.165, 1.54) is 21.8 Å². The summed E-state index contributed by atoms with van der Waals surface area (Å²) in [5.74, 6) is 0. The molecule has 4 nitrogen and oxygen atoms in total. The minimum Gasteiger partial charge on any atom is -0.456 e. The predicted molar refractivity (Wildman–Crippen MR) is 197 cm³/mol. The summed E-state index contributed by atoms with van der Waals surface area (Å²) < 4.78 is 8.83. The van der Waals surface area contributed by atoms with E-state index in [0.717, 1.165) is 72.2 Å². The van der Waals surface area contributed by atoms with Crippen molar-refractivity contribution in [1.29, 1.82) is 0 Å². The van der Waals surface area contributed by atoms with Gasteiger partial charge in [-0.1, -0.05) is 91.0 Å². The third-order valence-electron chi connectivity index (χ3n) is 9.46. The second-order valence-electron chi connectivity index (χ2n) is 12.2. The highest BCUT2D eigenvalue weighted by atomic mass is 16.3. The molecular formula is C44H27N3O. The number of pyridine rings is 2. The SMILES string of the molecule is c1ccc(-c2cc(-c3cccc4oc5ccc(-c6ccc7c(c6)c6ccccc6n7-c6ccccc6)cc5c34)c3cccnc3n2)cc1. The Morgan fingerprint density at radius 1 is 0.458 bits per heavy atom. The Morgan fingerprint density at radius 3 is 2.06 bits per heavy atom. The molecule has 10 aromatic rings. The molecule has 0 spiro atoms. The number of hydrogen-bond donors (Lipinski definition) is 0. The topological polar surface area (TPSA) is 43.9 Å². The highest BCUT2D eigenvalue weighted by Crippen LogP contribution is 2.42. The van der Waals surface area contributed by atoms with E-state index in [1.54, 1.807) is 0 Å². The number of para-hydroxylation sites is 2. The minimum atomic E-state index is 0.724. The molecule has 6 aromatic carbocycles. The van der Waals surface area contributed by atoms with Gasteiger partial charge in [0.1, 0.15) is 11.2 Å². The molecule has 0 bridgehead atoms. The van der Waals surface area contributed by atoms with Gasteiger partial charge >= 0.3 is 0 Å². The molecule has 0 N–H and O–H groups in total. The number of aromatic nitrogens is 3. The first-order valence-electron chi connectivity index (χ1n) is 16.2. The number of furan rings is 1. The fourth-order valence-corrected chi connectivity index (χ4v) is 7.28. The van der Waals surface area contributed by atoms with Crippen molar-refractivity contribution in [3.8, 4) is 39.2 Å². The standard InChI is InChI=1S/C44H27N3O/c1-3-11-28(12-4-1)38-27-35(34-17-10-24-45-44(34)46-38)33-16-9-19-42-43(33)37-26-30(21-23-41(37)48-42)29-20-22-40-36(25-29)32-15-7-8-18-39(32)47(40)31-13-5-2-6-14-31/h1-27H. The maximum atomic E-state index is 6.48. The van der Waals surface area contributed by atoms with Crippen LogP contribution in [-0.2, 0) is 0 Å². The van der Waals surface area contributed by atoms with E-state index in [1.807, 2.05) is 30.5 Å². The van der Waals surface area contributed by atoms with Crippen LogP contribution in [0.2, 0.25) is 0 Å². The number of benzene rings is 6. The first-order chi connectivity index (χ1) is 23.8. The molecule has 10 rings (SSSR count). The van der Waals surface area contributed by atoms with Gasteiger partial charge in [-0.25, -0.2) is 9.97 Å². The van der Waals surface area contributed by atoms with Gasteiger partial charge in [0, 0.05) is 44.4 Å². The van der Waals surface area contributed by atoms with Crippen molar-refractivity contribution in [3.05, 3.63) is 164 Å². The lowest BCUT2D eigenvalue weighted by atomic mass is 9.94. The van der Waals surface area contributed by atoms with Gasteiger partial charge in [-0.2, -0.15) is 0 Å². The van der Waals surface area contributed by atoms with Crippen LogP contribution < -0.4 is 0 Å². The lowest BCUT2D eigenvalue weighted by Gasteiger charge is -2.11. The van der Waals surface area contributed by atoms with Crippen molar-refractivity contribution in [2.24, 2.45) is 0 Å². The van der Waals surface area contributed by atoms with E-state index in [0.29, 0.717) is 0 Å². The Kier molecular flexibility index (Phi) is 5.84. The normalized spacial score (nSPS) is 11.8. The minimum absolute atomic E-state index is 0.724. The third-order valence-corrected chi connectivity index (χ3v) is 9.46. The third kappa shape index (κ3) is 4.10. The zero-order chi connectivity index (χ0) is 31.6. The van der Waals surface area contributed by atoms with Crippen molar-refractivity contribution in [2.45, 2.75) is 0 Å². The Labute approximate surface area is 276 Å². The van der Waals surface area contributed by atoms with E-state index in [2.05, 4.69) is 143 Å². The van der Waals surface area contributed by atoms with E-state index in [-0.39, 0.29) is 0 Å². The number of hydrogen-bond acceptors (Lipinski definition) is 3. The first kappa shape index (κ1) is 26.7. The van der Waals surface area contributed by atoms with Gasteiger partial charge in [0.15, 0.2) is 5.65 Å². The maximum Gasteiger partial charge on any atom is 0.160 e. The Bertz CT molecular complexity index is 2830. The molecule has 0 aliphatic heterocycles. The first-order valence-corrected chi connectivity index (χ1v) is 16.2. The predicted octanol–water partition coefficient (Wildman–Crippen LogP) is 11.6. The smallest absolute Gasteiger partial charge is 0.160 e. The van der Waals surface area contributed by atoms with Crippen LogP contribution in [0.1, 0.15) is 0 Å². The highest BCUT2D eigenvalue weighted by Gasteiger charge is 2.18. The van der Waals surface area contributed by atoms with E-state index in [4.69, 9.17) is 9.40 Å². The number of rotatable bonds is 4. The van der Waals surface area contributed by atoms with Gasteiger partial charge in [0.25, 0.3) is 0 Å². The summed E-state index contributed by atoms with van der Waals surface area (Å²) in [6, 6.07) is 55.5. The van der Waals surface area contributed by atoms with Crippen LogP contribution in [0, 0.1) is 0 Å². The van der Waals surface area contributed by atoms with Crippen LogP contribution in [0.25, 0.3) is 94.0 Å². The van der Waals surface area contributed by atoms with Crippen LogP contribution in [-0.4, -0.2) is 14.5 Å². The molecular weight excluding hydrogens is 587 g/mol. The lowest BCUT2D eigenvalue weighted by molar-refractivity contribution is 0.669. The molecule has 0 radical (unpaired) electrons. The molecule has 4 aromatic heterocycles. The second-order valence-corrected chi connectivity index (χ2v) is 12.2. The molecule has 0 aliphatic carbocycles. The van der Waals surface area contributed by atoms with Gasteiger partial charge < -0.3 is 8.98 Å². The van der Waals surface area contributed by atoms with Crippen molar-refractivity contribution >= 4 is 54.8 Å². The fraction of sp³-hybridized carbons (Fsp3) is 0. The summed E-state index contributed by atoms with van der Waals surface area (Å²) in [7, 11) is 0. The van der Waals surface area contributed by atoms with Crippen LogP contribution in [0.3, 0.4) is 0 Å². The number of nitrogens with zero attached hydrogens (tertiary/aromatic N) is 3. The Balaban J connectivity index is 1.19. The molecule has 0 saturated carbocycles. The van der Waals surface area contributed by atoms with Crippen LogP contribution in [0.4, 0.5) is 0 Å². The molecule has 224 valence electrons. The average Bonchev–Trinajstić information content (AvgIpc) is 3.70. The van der Waals surface area contributed by atoms with E-state index in [9.17, 15) is 0 Å². The summed E-state index contributed by atoms with van der Waals surface area (Å²) in [4.78, 5) is 9.62. The zero-order valence-corrected chi connectivity index (χ0v) is 25.8. The summed E-state index contributed by atoms with van der Waals surface area (Å²) in [5, 5.41) is 5.65. The van der Waals surface area contributed by atoms with E-state index < -0.39 is 0 Å². The fourth-order valence-electron chi connectivity index (χ4n) is 7.28. The molecule has 48 heavy (non-hydrogen) atoms. The Hall–Kier alpha value is -6.52. The van der Waals surface area contributed by atoms with Crippen LogP contribution in [0.15, 0.2) is 168 Å². The van der Waals surface area contributed by atoms with Gasteiger partial charge in [-0.15, -0.1) is 0 Å². The highest BCUT2D eigenvalue weighted by molar-refractivity contribution is 6.16. The van der Waals surface area contributed by atoms with Gasteiger partial charge in [-0.3, -0.25) is 0 Å². The molecule has 0 saturated heterocycles. The maximum absolute atomic E-state index is 6.48. The average molecular weight is 614 g/mol. The van der Waals surface area contributed by atoms with Gasteiger partial charge in [-0.05, 0) is 89.0 Å². The van der Waals surface area contributed by atoms with Crippen molar-refractivity contribution < 1.29 is 4.42 Å². The summed E-state index contributed by atoms with van der Waals surface area (Å²) in [6.07, 6.45) is 1.81. The summed E-state index contributed by atoms with van der Waals surface area (Å²) in [6.45, 7) is 0. The van der Waals surface area contributed by atoms with Crippen molar-refractivity contribution in [2.75, 3.05) is 0 Å². The molecule has 0 aliphatic rings. The lowest BCUT2D eigenvalue weighted by Crippen LogP contribution is -1.92. The Morgan fingerprint density at radius 2 is 1.19 bits per heavy atom. The second kappa shape index (κ2) is 10.5. The van der Waals surface area contributed by atoms with Crippen molar-refractivity contribution in [1.82, 2.24) is 14.5 Å². The molecule has 0 amide bonds. The zero-order valence-electron chi connectivity index (χ0n) is 25.8. The molecule has 0 unspecified atom stereocenters. The molecule has 0 fully saturated rings. The van der Waals surface area contributed by atoms with Gasteiger partial charge in [0.05, 0.1) is 16.7 Å². The molecule has 4 heteroatoms. The number of fused-ring (bicyclic) bond motifs is 7. The molecule has 0 atom stereocenters. The van der Waals surface area contributed by atoms with Crippen molar-refractivity contribution in [3.63, 3.8) is 0 Å². The van der Waals surface area contributed by atoms with Crippen LogP contribution >= 0.6 is 0 Å². The monoisotopic (exact) mass is 613 g/mol. The quantitative estimate of drug-likeness (QED) is 0.198. The molecule has 4 heterocycles. The van der Waals surface area contributed by atoms with Gasteiger partial charge in [0.2, 0.25) is 0 Å². The van der Waals surface area contributed by atoms with E-state index >= 15 is 0 Å². The summed E-state index contributed by atoms with van der Waals surface area (Å²) in [5.41, 5.74) is 12.4. The van der Waals surface area contributed by atoms with Crippen LogP contribution in [0.5, 0.6) is 0 Å². The summed E-state index contributed by atoms with van der Waals surface area (Å²) >= 11 is 0.